The van der Waals surface area contributed by atoms with E-state index in [9.17, 15) is 10.2 Å². The van der Waals surface area contributed by atoms with Gasteiger partial charge in [0.15, 0.2) is 0 Å². The summed E-state index contributed by atoms with van der Waals surface area (Å²) in [6.07, 6.45) is 0. The summed E-state index contributed by atoms with van der Waals surface area (Å²) in [4.78, 5) is 4.35. The van der Waals surface area contributed by atoms with Crippen molar-refractivity contribution in [2.45, 2.75) is 65.8 Å². The molecule has 0 bridgehead atoms. The third-order valence-electron chi connectivity index (χ3n) is 4.86. The summed E-state index contributed by atoms with van der Waals surface area (Å²) in [7, 11) is 0. The van der Waals surface area contributed by atoms with E-state index in [0.717, 1.165) is 11.1 Å². The van der Waals surface area contributed by atoms with Crippen molar-refractivity contribution >= 4 is 0 Å². The second-order valence-corrected chi connectivity index (χ2v) is 10.1. The first-order valence-electron chi connectivity index (χ1n) is 11.2. The molecule has 0 fully saturated rings. The number of hydrogen-bond acceptors (Lipinski definition) is 6. The highest BCUT2D eigenvalue weighted by atomic mass is 16.5. The molecule has 0 amide bonds. The van der Waals surface area contributed by atoms with E-state index < -0.39 is 0 Å². The van der Waals surface area contributed by atoms with E-state index in [1.54, 1.807) is 12.1 Å². The van der Waals surface area contributed by atoms with E-state index in [-0.39, 0.29) is 22.7 Å². The van der Waals surface area contributed by atoms with E-state index in [1.807, 2.05) is 77.9 Å². The molecule has 0 aliphatic heterocycles. The van der Waals surface area contributed by atoms with Gasteiger partial charge in [-0.3, -0.25) is 9.80 Å². The Morgan fingerprint density at radius 2 is 0.969 bits per heavy atom. The number of rotatable bonds is 11. The number of phenolic OH excluding ortho intramolecular Hbond substituents is 2. The fourth-order valence-electron chi connectivity index (χ4n) is 3.00. The minimum atomic E-state index is -0.262. The molecule has 0 radical (unpaired) electrons. The fourth-order valence-corrected chi connectivity index (χ4v) is 3.00. The number of phenols is 2. The molecule has 0 unspecified atom stereocenters. The lowest BCUT2D eigenvalue weighted by molar-refractivity contribution is -0.0834. The van der Waals surface area contributed by atoms with Crippen molar-refractivity contribution in [3.8, 4) is 11.5 Å². The predicted octanol–water partition coefficient (Wildman–Crippen LogP) is 4.95. The van der Waals surface area contributed by atoms with Gasteiger partial charge in [0.25, 0.3) is 0 Å². The van der Waals surface area contributed by atoms with Crippen LogP contribution in [0.5, 0.6) is 11.5 Å². The minimum absolute atomic E-state index is 0.262. The maximum atomic E-state index is 10.2. The van der Waals surface area contributed by atoms with Gasteiger partial charge in [-0.2, -0.15) is 0 Å². The van der Waals surface area contributed by atoms with Crippen molar-refractivity contribution in [2.24, 2.45) is 0 Å². The van der Waals surface area contributed by atoms with E-state index in [1.165, 1.54) is 0 Å². The normalized spacial score (nSPS) is 12.6. The summed E-state index contributed by atoms with van der Waals surface area (Å²) in [5, 5.41) is 20.5. The van der Waals surface area contributed by atoms with Crippen molar-refractivity contribution in [3.05, 3.63) is 59.7 Å². The fraction of sp³-hybridized carbons (Fsp3) is 0.538. The average molecular weight is 445 g/mol. The van der Waals surface area contributed by atoms with Crippen molar-refractivity contribution in [1.29, 1.82) is 0 Å². The zero-order valence-corrected chi connectivity index (χ0v) is 20.5. The highest BCUT2D eigenvalue weighted by Gasteiger charge is 2.19. The third kappa shape index (κ3) is 10.0. The molecule has 6 heteroatoms. The summed E-state index contributed by atoms with van der Waals surface area (Å²) in [5.74, 6) is 0.575. The Kier molecular flexibility index (Phi) is 9.52. The third-order valence-corrected chi connectivity index (χ3v) is 4.86. The van der Waals surface area contributed by atoms with Crippen molar-refractivity contribution < 1.29 is 19.7 Å². The highest BCUT2D eigenvalue weighted by molar-refractivity contribution is 5.32. The van der Waals surface area contributed by atoms with Crippen LogP contribution >= 0.6 is 0 Å². The van der Waals surface area contributed by atoms with Gasteiger partial charge >= 0.3 is 0 Å². The zero-order valence-electron chi connectivity index (χ0n) is 20.5. The first-order chi connectivity index (χ1) is 14.9. The second kappa shape index (κ2) is 11.7. The minimum Gasteiger partial charge on any atom is -0.508 e. The van der Waals surface area contributed by atoms with Crippen LogP contribution < -0.4 is 0 Å². The molecule has 32 heavy (non-hydrogen) atoms. The summed E-state index contributed by atoms with van der Waals surface area (Å²) in [6, 6.07) is 14.8. The summed E-state index contributed by atoms with van der Waals surface area (Å²) < 4.78 is 12.1. The number of hydrogen-bond donors (Lipinski definition) is 2. The lowest BCUT2D eigenvalue weighted by atomic mass is 10.1. The zero-order chi connectivity index (χ0) is 23.8. The van der Waals surface area contributed by atoms with E-state index in [4.69, 9.17) is 9.47 Å². The molecular weight excluding hydrogens is 404 g/mol. The standard InChI is InChI=1S/C26H40N2O4/c1-25(2,3)31-19-27(17-21-11-7-9-13-23(21)29)15-16-28(20-32-26(4,5)6)18-22-12-8-10-14-24(22)30/h7-14,29-30H,15-20H2,1-6H3. The number of ether oxygens (including phenoxy) is 2. The van der Waals surface area contributed by atoms with Gasteiger partial charge in [-0.1, -0.05) is 36.4 Å². The largest absolute Gasteiger partial charge is 0.508 e. The Hall–Kier alpha value is -2.12. The molecule has 0 saturated heterocycles. The molecule has 2 rings (SSSR count). The molecule has 0 aromatic heterocycles. The molecule has 2 aromatic rings. The average Bonchev–Trinajstić information content (AvgIpc) is 2.69. The van der Waals surface area contributed by atoms with E-state index >= 15 is 0 Å². The molecule has 0 spiro atoms. The predicted molar refractivity (Wildman–Crippen MR) is 128 cm³/mol. The number of benzene rings is 2. The number of para-hydroxylation sites is 2. The van der Waals surface area contributed by atoms with Crippen LogP contribution in [-0.2, 0) is 22.6 Å². The van der Waals surface area contributed by atoms with Crippen molar-refractivity contribution in [1.82, 2.24) is 9.80 Å². The van der Waals surface area contributed by atoms with Gasteiger partial charge in [0.2, 0.25) is 0 Å². The van der Waals surface area contributed by atoms with E-state index in [2.05, 4.69) is 9.80 Å². The van der Waals surface area contributed by atoms with Crippen molar-refractivity contribution in [3.63, 3.8) is 0 Å². The molecule has 6 nitrogen and oxygen atoms in total. The number of aromatic hydroxyl groups is 2. The Balaban J connectivity index is 2.11. The Bertz CT molecular complexity index is 758. The maximum Gasteiger partial charge on any atom is 0.120 e. The molecule has 0 heterocycles. The van der Waals surface area contributed by atoms with E-state index in [0.29, 0.717) is 39.6 Å². The monoisotopic (exact) mass is 444 g/mol. The van der Waals surface area contributed by atoms with Gasteiger partial charge in [-0.05, 0) is 53.7 Å². The Morgan fingerprint density at radius 3 is 1.28 bits per heavy atom. The molecule has 0 aliphatic carbocycles. The van der Waals surface area contributed by atoms with Gasteiger partial charge < -0.3 is 19.7 Å². The van der Waals surface area contributed by atoms with Crippen LogP contribution in [0.4, 0.5) is 0 Å². The van der Waals surface area contributed by atoms with Crippen LogP contribution in [0.15, 0.2) is 48.5 Å². The van der Waals surface area contributed by atoms with Crippen LogP contribution in [0.2, 0.25) is 0 Å². The second-order valence-electron chi connectivity index (χ2n) is 10.1. The highest BCUT2D eigenvalue weighted by Crippen LogP contribution is 2.21. The van der Waals surface area contributed by atoms with Crippen LogP contribution in [0.25, 0.3) is 0 Å². The van der Waals surface area contributed by atoms with Gasteiger partial charge in [-0.15, -0.1) is 0 Å². The Morgan fingerprint density at radius 1 is 0.625 bits per heavy atom. The molecule has 0 aliphatic rings. The summed E-state index contributed by atoms with van der Waals surface area (Å²) in [6.45, 7) is 15.7. The van der Waals surface area contributed by atoms with Gasteiger partial charge in [-0.25, -0.2) is 0 Å². The van der Waals surface area contributed by atoms with Crippen LogP contribution in [0.3, 0.4) is 0 Å². The molecule has 178 valence electrons. The van der Waals surface area contributed by atoms with Crippen LogP contribution in [-0.4, -0.2) is 57.8 Å². The topological polar surface area (TPSA) is 65.4 Å². The van der Waals surface area contributed by atoms with Gasteiger partial charge in [0.05, 0.1) is 11.2 Å². The molecule has 2 aromatic carbocycles. The number of nitrogens with zero attached hydrogens (tertiary/aromatic N) is 2. The lowest BCUT2D eigenvalue weighted by Crippen LogP contribution is -2.40. The molecule has 0 atom stereocenters. The first-order valence-corrected chi connectivity index (χ1v) is 11.2. The molecule has 2 N–H and O–H groups in total. The lowest BCUT2D eigenvalue weighted by Gasteiger charge is -2.32. The van der Waals surface area contributed by atoms with Crippen LogP contribution in [0, 0.1) is 0 Å². The maximum absolute atomic E-state index is 10.2. The first kappa shape index (κ1) is 26.1. The Labute approximate surface area is 193 Å². The van der Waals surface area contributed by atoms with Gasteiger partial charge in [0, 0.05) is 37.3 Å². The SMILES string of the molecule is CC(C)(C)OCN(CCN(COC(C)(C)C)Cc1ccccc1O)Cc1ccccc1O. The van der Waals surface area contributed by atoms with Gasteiger partial charge in [0.1, 0.15) is 25.0 Å². The molecule has 0 saturated carbocycles. The quantitative estimate of drug-likeness (QED) is 0.478. The summed E-state index contributed by atoms with van der Waals surface area (Å²) in [5.41, 5.74) is 1.20. The molecular formula is C26H40N2O4. The smallest absolute Gasteiger partial charge is 0.120 e. The van der Waals surface area contributed by atoms with Crippen LogP contribution in [0.1, 0.15) is 52.7 Å². The van der Waals surface area contributed by atoms with Crippen molar-refractivity contribution in [2.75, 3.05) is 26.6 Å². The summed E-state index contributed by atoms with van der Waals surface area (Å²) >= 11 is 0.